The van der Waals surface area contributed by atoms with E-state index in [9.17, 15) is 13.2 Å². The Hall–Kier alpha value is -3.09. The van der Waals surface area contributed by atoms with Crippen LogP contribution in [0.1, 0.15) is 51.3 Å². The first kappa shape index (κ1) is 23.6. The van der Waals surface area contributed by atoms with Gasteiger partial charge in [0, 0.05) is 17.6 Å². The number of alkyl halides is 3. The van der Waals surface area contributed by atoms with Gasteiger partial charge in [0.1, 0.15) is 11.4 Å². The Labute approximate surface area is 187 Å². The fraction of sp³-hybridized carbons (Fsp3) is 0.360. The van der Waals surface area contributed by atoms with Crippen molar-refractivity contribution in [3.63, 3.8) is 0 Å². The number of para-hydroxylation sites is 1. The second-order valence-corrected chi connectivity index (χ2v) is 9.29. The molecule has 0 atom stereocenters. The van der Waals surface area contributed by atoms with Gasteiger partial charge < -0.3 is 10.6 Å². The molecule has 0 amide bonds. The predicted octanol–water partition coefficient (Wildman–Crippen LogP) is 7.48. The molecule has 7 heteroatoms. The van der Waals surface area contributed by atoms with E-state index in [1.807, 2.05) is 36.4 Å². The minimum absolute atomic E-state index is 0.00382. The minimum Gasteiger partial charge on any atom is -0.339 e. The van der Waals surface area contributed by atoms with Crippen LogP contribution in [0.4, 0.5) is 36.3 Å². The molecule has 4 nitrogen and oxygen atoms in total. The number of anilines is 4. The summed E-state index contributed by atoms with van der Waals surface area (Å²) in [6, 6.07) is 15.0. The molecule has 0 saturated carbocycles. The maximum atomic E-state index is 13.6. The van der Waals surface area contributed by atoms with E-state index in [4.69, 9.17) is 0 Å². The lowest BCUT2D eigenvalue weighted by Gasteiger charge is -2.19. The van der Waals surface area contributed by atoms with Gasteiger partial charge in [-0.2, -0.15) is 18.2 Å². The average molecular weight is 443 g/mol. The zero-order valence-corrected chi connectivity index (χ0v) is 19.0. The van der Waals surface area contributed by atoms with Crippen LogP contribution in [-0.2, 0) is 18.0 Å². The molecule has 1 aromatic heterocycles. The van der Waals surface area contributed by atoms with Crippen LogP contribution in [0.25, 0.3) is 0 Å². The topological polar surface area (TPSA) is 49.8 Å². The Morgan fingerprint density at radius 3 is 2.16 bits per heavy atom. The Morgan fingerprint density at radius 2 is 1.56 bits per heavy atom. The van der Waals surface area contributed by atoms with Crippen LogP contribution in [-0.4, -0.2) is 9.97 Å². The summed E-state index contributed by atoms with van der Waals surface area (Å²) in [5.74, 6) is 0.168. The molecule has 0 aliphatic carbocycles. The van der Waals surface area contributed by atoms with E-state index in [1.54, 1.807) is 12.1 Å². The van der Waals surface area contributed by atoms with Crippen LogP contribution >= 0.6 is 0 Å². The van der Waals surface area contributed by atoms with Crippen LogP contribution in [0.2, 0.25) is 0 Å². The maximum absolute atomic E-state index is 13.6. The van der Waals surface area contributed by atoms with Crippen molar-refractivity contribution in [3.05, 3.63) is 71.4 Å². The van der Waals surface area contributed by atoms with Crippen molar-refractivity contribution in [1.82, 2.24) is 9.97 Å². The van der Waals surface area contributed by atoms with Crippen LogP contribution in [0.5, 0.6) is 0 Å². The molecule has 0 aliphatic rings. The molecular weight excluding hydrogens is 413 g/mol. The Kier molecular flexibility index (Phi) is 6.77. The second-order valence-electron chi connectivity index (χ2n) is 9.29. The number of benzene rings is 2. The fourth-order valence-electron chi connectivity index (χ4n) is 3.32. The Morgan fingerprint density at radius 1 is 0.906 bits per heavy atom. The number of nitrogens with zero attached hydrogens (tertiary/aromatic N) is 2. The van der Waals surface area contributed by atoms with Gasteiger partial charge in [0.25, 0.3) is 0 Å². The molecule has 0 bridgehead atoms. The molecular formula is C25H29F3N4. The third kappa shape index (κ3) is 5.99. The second kappa shape index (κ2) is 9.18. The standard InChI is InChI=1S/C25H29F3N4/c1-16(2)14-17-8-6-7-9-21(17)31-22-20(25(26,27)28)15-29-23(32-22)30-19-12-10-18(11-13-19)24(3,4)5/h6-13,15-16H,14H2,1-5H3,(H2,29,30,31,32). The highest BCUT2D eigenvalue weighted by atomic mass is 19.4. The summed E-state index contributed by atoms with van der Waals surface area (Å²) in [6.45, 7) is 10.5. The largest absolute Gasteiger partial charge is 0.421 e. The third-order valence-electron chi connectivity index (χ3n) is 5.00. The van der Waals surface area contributed by atoms with Gasteiger partial charge in [-0.15, -0.1) is 0 Å². The Bertz CT molecular complexity index is 1050. The van der Waals surface area contributed by atoms with Crippen molar-refractivity contribution in [1.29, 1.82) is 0 Å². The van der Waals surface area contributed by atoms with Crippen molar-refractivity contribution in [3.8, 4) is 0 Å². The molecule has 0 spiro atoms. The highest BCUT2D eigenvalue weighted by molar-refractivity contribution is 5.65. The number of aromatic nitrogens is 2. The predicted molar refractivity (Wildman–Crippen MR) is 124 cm³/mol. The molecule has 1 heterocycles. The lowest BCUT2D eigenvalue weighted by Crippen LogP contribution is -2.13. The summed E-state index contributed by atoms with van der Waals surface area (Å²) in [7, 11) is 0. The number of hydrogen-bond donors (Lipinski definition) is 2. The molecule has 0 aliphatic heterocycles. The number of rotatable bonds is 6. The molecule has 170 valence electrons. The van der Waals surface area contributed by atoms with Crippen molar-refractivity contribution in [2.24, 2.45) is 5.92 Å². The molecule has 3 rings (SSSR count). The first-order chi connectivity index (χ1) is 14.9. The summed E-state index contributed by atoms with van der Waals surface area (Å²) in [5, 5.41) is 5.90. The summed E-state index contributed by atoms with van der Waals surface area (Å²) in [6.07, 6.45) is -3.03. The van der Waals surface area contributed by atoms with Gasteiger partial charge in [-0.05, 0) is 47.1 Å². The van der Waals surface area contributed by atoms with Gasteiger partial charge in [0.15, 0.2) is 0 Å². The van der Waals surface area contributed by atoms with E-state index in [0.29, 0.717) is 17.3 Å². The van der Waals surface area contributed by atoms with E-state index in [-0.39, 0.29) is 17.2 Å². The highest BCUT2D eigenvalue weighted by Crippen LogP contribution is 2.36. The zero-order chi connectivity index (χ0) is 23.5. The van der Waals surface area contributed by atoms with Crippen LogP contribution in [0.15, 0.2) is 54.7 Å². The smallest absolute Gasteiger partial charge is 0.339 e. The van der Waals surface area contributed by atoms with E-state index >= 15 is 0 Å². The average Bonchev–Trinajstić information content (AvgIpc) is 2.68. The van der Waals surface area contributed by atoms with Gasteiger partial charge in [-0.25, -0.2) is 4.98 Å². The number of nitrogens with one attached hydrogen (secondary N) is 2. The molecule has 32 heavy (non-hydrogen) atoms. The highest BCUT2D eigenvalue weighted by Gasteiger charge is 2.35. The first-order valence-corrected chi connectivity index (χ1v) is 10.6. The number of halogens is 3. The summed E-state index contributed by atoms with van der Waals surface area (Å²) in [5.41, 5.74) is 2.48. The van der Waals surface area contributed by atoms with Crippen molar-refractivity contribution in [2.75, 3.05) is 10.6 Å². The van der Waals surface area contributed by atoms with Crippen LogP contribution < -0.4 is 10.6 Å². The molecule has 0 unspecified atom stereocenters. The van der Waals surface area contributed by atoms with Gasteiger partial charge >= 0.3 is 6.18 Å². The van der Waals surface area contributed by atoms with Gasteiger partial charge in [0.2, 0.25) is 5.95 Å². The lowest BCUT2D eigenvalue weighted by molar-refractivity contribution is -0.137. The monoisotopic (exact) mass is 442 g/mol. The van der Waals surface area contributed by atoms with Crippen LogP contribution in [0, 0.1) is 5.92 Å². The van der Waals surface area contributed by atoms with E-state index in [2.05, 4.69) is 55.2 Å². The van der Waals surface area contributed by atoms with Crippen LogP contribution in [0.3, 0.4) is 0 Å². The normalized spacial score (nSPS) is 12.2. The molecule has 2 N–H and O–H groups in total. The van der Waals surface area contributed by atoms with E-state index in [1.165, 1.54) is 0 Å². The summed E-state index contributed by atoms with van der Waals surface area (Å²) >= 11 is 0. The van der Waals surface area contributed by atoms with Crippen molar-refractivity contribution in [2.45, 2.75) is 52.6 Å². The first-order valence-electron chi connectivity index (χ1n) is 10.6. The van der Waals surface area contributed by atoms with Gasteiger partial charge in [-0.1, -0.05) is 65.0 Å². The van der Waals surface area contributed by atoms with Gasteiger partial charge in [-0.3, -0.25) is 0 Å². The molecule has 2 aromatic carbocycles. The van der Waals surface area contributed by atoms with Crippen molar-refractivity contribution < 1.29 is 13.2 Å². The molecule has 3 aromatic rings. The van der Waals surface area contributed by atoms with Gasteiger partial charge in [0.05, 0.1) is 0 Å². The fourth-order valence-corrected chi connectivity index (χ4v) is 3.32. The van der Waals surface area contributed by atoms with Crippen molar-refractivity contribution >= 4 is 23.1 Å². The van der Waals surface area contributed by atoms with E-state index in [0.717, 1.165) is 23.7 Å². The quantitative estimate of drug-likeness (QED) is 0.415. The number of hydrogen-bond acceptors (Lipinski definition) is 4. The lowest BCUT2D eigenvalue weighted by atomic mass is 9.87. The minimum atomic E-state index is -4.58. The zero-order valence-electron chi connectivity index (χ0n) is 19.0. The third-order valence-corrected chi connectivity index (χ3v) is 5.00. The molecule has 0 radical (unpaired) electrons. The maximum Gasteiger partial charge on any atom is 0.421 e. The SMILES string of the molecule is CC(C)Cc1ccccc1Nc1nc(Nc2ccc(C(C)(C)C)cc2)ncc1C(F)(F)F. The van der Waals surface area contributed by atoms with E-state index < -0.39 is 11.7 Å². The summed E-state index contributed by atoms with van der Waals surface area (Å²) in [4.78, 5) is 8.07. The molecule has 0 saturated heterocycles. The Balaban J connectivity index is 1.93. The molecule has 0 fully saturated rings. The summed E-state index contributed by atoms with van der Waals surface area (Å²) < 4.78 is 40.9.